The highest BCUT2D eigenvalue weighted by atomic mass is 16.5. The van der Waals surface area contributed by atoms with E-state index in [0.717, 1.165) is 35.4 Å². The SMILES string of the molecule is COc1ccccc1C1C(CCc2ccccc2)=CN(C(C)C)N=C1c1ccccc1. The Hall–Kier alpha value is -3.33. The summed E-state index contributed by atoms with van der Waals surface area (Å²) in [6, 6.07) is 29.8. The zero-order valence-corrected chi connectivity index (χ0v) is 18.5. The molecule has 158 valence electrons. The molecule has 0 saturated carbocycles. The van der Waals surface area contributed by atoms with Crippen molar-refractivity contribution in [3.63, 3.8) is 0 Å². The molecule has 0 bridgehead atoms. The first-order chi connectivity index (χ1) is 15.2. The van der Waals surface area contributed by atoms with E-state index in [1.807, 2.05) is 12.1 Å². The molecule has 4 rings (SSSR count). The second kappa shape index (κ2) is 9.65. The summed E-state index contributed by atoms with van der Waals surface area (Å²) in [7, 11) is 1.74. The summed E-state index contributed by atoms with van der Waals surface area (Å²) >= 11 is 0. The van der Waals surface area contributed by atoms with Crippen LogP contribution in [-0.2, 0) is 6.42 Å². The molecule has 1 aliphatic rings. The Labute approximate surface area is 185 Å². The van der Waals surface area contributed by atoms with Gasteiger partial charge in [-0.15, -0.1) is 0 Å². The predicted molar refractivity (Wildman–Crippen MR) is 129 cm³/mol. The lowest BCUT2D eigenvalue weighted by Crippen LogP contribution is -2.31. The van der Waals surface area contributed by atoms with Crippen molar-refractivity contribution in [3.8, 4) is 5.75 Å². The number of rotatable bonds is 7. The molecule has 3 nitrogen and oxygen atoms in total. The van der Waals surface area contributed by atoms with Gasteiger partial charge < -0.3 is 4.74 Å². The average molecular weight is 411 g/mol. The topological polar surface area (TPSA) is 24.8 Å². The molecule has 3 aromatic carbocycles. The van der Waals surface area contributed by atoms with Crippen molar-refractivity contribution in [3.05, 3.63) is 113 Å². The second-order valence-electron chi connectivity index (χ2n) is 8.19. The van der Waals surface area contributed by atoms with Crippen LogP contribution in [0.2, 0.25) is 0 Å². The number of nitrogens with zero attached hydrogens (tertiary/aromatic N) is 2. The summed E-state index contributed by atoms with van der Waals surface area (Å²) in [5.41, 5.74) is 6.09. The number of hydrazone groups is 1. The van der Waals surface area contributed by atoms with Gasteiger partial charge in [-0.25, -0.2) is 0 Å². The van der Waals surface area contributed by atoms with E-state index in [0.29, 0.717) is 0 Å². The van der Waals surface area contributed by atoms with E-state index < -0.39 is 0 Å². The summed E-state index contributed by atoms with van der Waals surface area (Å²) < 4.78 is 5.77. The summed E-state index contributed by atoms with van der Waals surface area (Å²) in [5, 5.41) is 7.21. The molecule has 0 fully saturated rings. The van der Waals surface area contributed by atoms with E-state index in [1.54, 1.807) is 7.11 Å². The Balaban J connectivity index is 1.80. The maximum Gasteiger partial charge on any atom is 0.123 e. The van der Waals surface area contributed by atoms with Gasteiger partial charge in [0, 0.05) is 17.8 Å². The lowest BCUT2D eigenvalue weighted by molar-refractivity contribution is 0.316. The van der Waals surface area contributed by atoms with Crippen LogP contribution in [-0.4, -0.2) is 23.9 Å². The number of ether oxygens (including phenoxy) is 1. The van der Waals surface area contributed by atoms with Crippen molar-refractivity contribution in [2.45, 2.75) is 38.6 Å². The Morgan fingerprint density at radius 1 is 0.839 bits per heavy atom. The minimum Gasteiger partial charge on any atom is -0.496 e. The van der Waals surface area contributed by atoms with Gasteiger partial charge >= 0.3 is 0 Å². The highest BCUT2D eigenvalue weighted by Crippen LogP contribution is 2.39. The Kier molecular flexibility index (Phi) is 6.51. The molecule has 0 aromatic heterocycles. The van der Waals surface area contributed by atoms with E-state index in [-0.39, 0.29) is 12.0 Å². The third-order valence-corrected chi connectivity index (χ3v) is 5.76. The molecule has 3 heteroatoms. The highest BCUT2D eigenvalue weighted by molar-refractivity contribution is 6.07. The van der Waals surface area contributed by atoms with Crippen molar-refractivity contribution >= 4 is 5.71 Å². The van der Waals surface area contributed by atoms with E-state index in [1.165, 1.54) is 11.1 Å². The fraction of sp³-hybridized carbons (Fsp3) is 0.250. The van der Waals surface area contributed by atoms with E-state index in [4.69, 9.17) is 9.84 Å². The third-order valence-electron chi connectivity index (χ3n) is 5.76. The molecule has 0 aliphatic carbocycles. The minimum atomic E-state index is 0.0530. The average Bonchev–Trinajstić information content (AvgIpc) is 2.83. The van der Waals surface area contributed by atoms with Gasteiger partial charge in [-0.1, -0.05) is 78.9 Å². The summed E-state index contributed by atoms with van der Waals surface area (Å²) in [5.74, 6) is 0.956. The summed E-state index contributed by atoms with van der Waals surface area (Å²) in [4.78, 5) is 0. The molecular formula is C28H30N2O. The fourth-order valence-electron chi connectivity index (χ4n) is 4.12. The van der Waals surface area contributed by atoms with Crippen LogP contribution in [0.4, 0.5) is 0 Å². The number of benzene rings is 3. The standard InChI is InChI=1S/C28H30N2O/c1-21(2)30-20-24(19-18-22-12-6-4-7-13-22)27(25-16-10-11-17-26(25)31-3)28(29-30)23-14-8-5-9-15-23/h4-17,20-21,27H,18-19H2,1-3H3. The van der Waals surface area contributed by atoms with Crippen molar-refractivity contribution in [1.82, 2.24) is 5.01 Å². The molecule has 1 unspecified atom stereocenters. The monoisotopic (exact) mass is 410 g/mol. The zero-order chi connectivity index (χ0) is 21.6. The maximum atomic E-state index is 5.77. The van der Waals surface area contributed by atoms with Crippen LogP contribution in [0.3, 0.4) is 0 Å². The first-order valence-corrected chi connectivity index (χ1v) is 11.0. The highest BCUT2D eigenvalue weighted by Gasteiger charge is 2.31. The normalized spacial score (nSPS) is 16.1. The minimum absolute atomic E-state index is 0.0530. The van der Waals surface area contributed by atoms with Gasteiger partial charge in [0.1, 0.15) is 5.75 Å². The summed E-state index contributed by atoms with van der Waals surface area (Å²) in [6.07, 6.45) is 4.20. The van der Waals surface area contributed by atoms with Crippen molar-refractivity contribution in [2.24, 2.45) is 5.10 Å². The van der Waals surface area contributed by atoms with Crippen LogP contribution in [0.1, 0.15) is 42.9 Å². The van der Waals surface area contributed by atoms with Gasteiger partial charge in [-0.2, -0.15) is 5.10 Å². The number of hydrogen-bond donors (Lipinski definition) is 0. The molecule has 3 aromatic rings. The van der Waals surface area contributed by atoms with Crippen LogP contribution in [0, 0.1) is 0 Å². The second-order valence-corrected chi connectivity index (χ2v) is 8.19. The molecule has 0 spiro atoms. The molecule has 0 saturated heterocycles. The number of aryl methyl sites for hydroxylation is 1. The molecule has 0 radical (unpaired) electrons. The lowest BCUT2D eigenvalue weighted by atomic mass is 9.80. The Bertz CT molecular complexity index is 1050. The van der Waals surface area contributed by atoms with Crippen LogP contribution in [0.5, 0.6) is 5.75 Å². The fourth-order valence-corrected chi connectivity index (χ4v) is 4.12. The van der Waals surface area contributed by atoms with E-state index in [9.17, 15) is 0 Å². The molecule has 1 heterocycles. The first-order valence-electron chi connectivity index (χ1n) is 11.0. The van der Waals surface area contributed by atoms with Crippen molar-refractivity contribution in [2.75, 3.05) is 7.11 Å². The smallest absolute Gasteiger partial charge is 0.123 e. The van der Waals surface area contributed by atoms with E-state index in [2.05, 4.69) is 97.9 Å². The van der Waals surface area contributed by atoms with Crippen LogP contribution < -0.4 is 4.74 Å². The van der Waals surface area contributed by atoms with Crippen LogP contribution >= 0.6 is 0 Å². The number of allylic oxidation sites excluding steroid dienone is 1. The molecular weight excluding hydrogens is 380 g/mol. The van der Waals surface area contributed by atoms with Gasteiger partial charge in [0.2, 0.25) is 0 Å². The molecule has 0 amide bonds. The predicted octanol–water partition coefficient (Wildman–Crippen LogP) is 6.42. The maximum absolute atomic E-state index is 5.77. The molecule has 0 N–H and O–H groups in total. The van der Waals surface area contributed by atoms with Gasteiger partial charge in [-0.3, -0.25) is 5.01 Å². The number of hydrogen-bond acceptors (Lipinski definition) is 3. The van der Waals surface area contributed by atoms with Gasteiger partial charge in [0.15, 0.2) is 0 Å². The quantitative estimate of drug-likeness (QED) is 0.449. The lowest BCUT2D eigenvalue weighted by Gasteiger charge is -2.34. The largest absolute Gasteiger partial charge is 0.496 e. The molecule has 1 aliphatic heterocycles. The molecule has 31 heavy (non-hydrogen) atoms. The van der Waals surface area contributed by atoms with Crippen LogP contribution in [0.15, 0.2) is 102 Å². The molecule has 1 atom stereocenters. The Morgan fingerprint density at radius 3 is 2.16 bits per heavy atom. The third kappa shape index (κ3) is 4.72. The number of methoxy groups -OCH3 is 1. The summed E-state index contributed by atoms with van der Waals surface area (Å²) in [6.45, 7) is 4.36. The van der Waals surface area contributed by atoms with Gasteiger partial charge in [-0.05, 0) is 49.5 Å². The van der Waals surface area contributed by atoms with Gasteiger partial charge in [0.05, 0.1) is 18.7 Å². The Morgan fingerprint density at radius 2 is 1.48 bits per heavy atom. The van der Waals surface area contributed by atoms with Crippen LogP contribution in [0.25, 0.3) is 0 Å². The van der Waals surface area contributed by atoms with Crippen molar-refractivity contribution < 1.29 is 4.74 Å². The van der Waals surface area contributed by atoms with E-state index >= 15 is 0 Å². The first kappa shape index (κ1) is 20.9. The van der Waals surface area contributed by atoms with Gasteiger partial charge in [0.25, 0.3) is 0 Å². The number of para-hydroxylation sites is 1. The zero-order valence-electron chi connectivity index (χ0n) is 18.5. The van der Waals surface area contributed by atoms with Crippen molar-refractivity contribution in [1.29, 1.82) is 0 Å².